The molecule has 0 saturated heterocycles. The van der Waals surface area contributed by atoms with Gasteiger partial charge in [-0.3, -0.25) is 4.79 Å². The van der Waals surface area contributed by atoms with Crippen molar-refractivity contribution in [3.8, 4) is 11.3 Å². The Balaban J connectivity index is 1.70. The Kier molecular flexibility index (Phi) is 5.15. The second-order valence-corrected chi connectivity index (χ2v) is 7.19. The van der Waals surface area contributed by atoms with Crippen molar-refractivity contribution in [2.24, 2.45) is 0 Å². The third-order valence-electron chi connectivity index (χ3n) is 3.62. The maximum atomic E-state index is 12.3. The first-order valence-corrected chi connectivity index (χ1v) is 9.38. The smallest absolute Gasteiger partial charge is 0.255 e. The molecule has 134 valence electrons. The van der Waals surface area contributed by atoms with E-state index in [1.807, 2.05) is 12.1 Å². The van der Waals surface area contributed by atoms with Crippen molar-refractivity contribution in [3.63, 3.8) is 0 Å². The van der Waals surface area contributed by atoms with Gasteiger partial charge in [0.25, 0.3) is 5.91 Å². The minimum absolute atomic E-state index is 0.118. The average Bonchev–Trinajstić information content (AvgIpc) is 3.17. The fourth-order valence-corrected chi connectivity index (χ4v) is 3.38. The van der Waals surface area contributed by atoms with Gasteiger partial charge in [0.1, 0.15) is 0 Å². The Morgan fingerprint density at radius 1 is 1.08 bits per heavy atom. The van der Waals surface area contributed by atoms with E-state index in [1.165, 1.54) is 30.7 Å². The van der Waals surface area contributed by atoms with Crippen LogP contribution in [0.1, 0.15) is 17.3 Å². The highest BCUT2D eigenvalue weighted by Gasteiger charge is 2.14. The molecule has 26 heavy (non-hydrogen) atoms. The normalized spacial score (nSPS) is 11.3. The van der Waals surface area contributed by atoms with E-state index in [0.29, 0.717) is 23.6 Å². The van der Waals surface area contributed by atoms with E-state index in [4.69, 9.17) is 4.42 Å². The Morgan fingerprint density at radius 3 is 2.35 bits per heavy atom. The Hall–Kier alpha value is -2.97. The highest BCUT2D eigenvalue weighted by Crippen LogP contribution is 2.21. The maximum absolute atomic E-state index is 12.3. The van der Waals surface area contributed by atoms with Crippen molar-refractivity contribution >= 4 is 21.6 Å². The fourth-order valence-electron chi connectivity index (χ4n) is 2.34. The molecule has 2 aromatic carbocycles. The van der Waals surface area contributed by atoms with Crippen LogP contribution in [0.15, 0.2) is 70.4 Å². The minimum Gasteiger partial charge on any atom is -0.444 e. The molecule has 7 nitrogen and oxygen atoms in total. The molecule has 3 aromatic rings. The lowest BCUT2D eigenvalue weighted by Gasteiger charge is -2.08. The Bertz CT molecular complexity index is 980. The van der Waals surface area contributed by atoms with Gasteiger partial charge in [-0.05, 0) is 48.5 Å². The van der Waals surface area contributed by atoms with E-state index in [0.717, 1.165) is 5.56 Å². The summed E-state index contributed by atoms with van der Waals surface area (Å²) in [5, 5.41) is 2.76. The SMILES string of the molecule is CCNS(=O)(=O)c1ccc(C(=O)Nc2ccc(-c3cnco3)cc2)cc1. The van der Waals surface area contributed by atoms with Crippen molar-refractivity contribution in [3.05, 3.63) is 66.7 Å². The number of anilines is 1. The molecule has 1 aromatic heterocycles. The number of nitrogens with one attached hydrogen (secondary N) is 2. The summed E-state index contributed by atoms with van der Waals surface area (Å²) >= 11 is 0. The predicted molar refractivity (Wildman–Crippen MR) is 97.2 cm³/mol. The van der Waals surface area contributed by atoms with Gasteiger partial charge < -0.3 is 9.73 Å². The highest BCUT2D eigenvalue weighted by atomic mass is 32.2. The van der Waals surface area contributed by atoms with Gasteiger partial charge in [-0.15, -0.1) is 0 Å². The minimum atomic E-state index is -3.53. The monoisotopic (exact) mass is 371 g/mol. The second-order valence-electron chi connectivity index (χ2n) is 5.42. The lowest BCUT2D eigenvalue weighted by atomic mass is 10.1. The van der Waals surface area contributed by atoms with Crippen LogP contribution in [0.2, 0.25) is 0 Å². The third-order valence-corrected chi connectivity index (χ3v) is 5.18. The van der Waals surface area contributed by atoms with Crippen molar-refractivity contribution in [2.75, 3.05) is 11.9 Å². The standard InChI is InChI=1S/C18H17N3O4S/c1-2-20-26(23,24)16-9-5-14(6-10-16)18(22)21-15-7-3-13(4-8-15)17-11-19-12-25-17/h3-12,20H,2H2,1H3,(H,21,22). The van der Waals surface area contributed by atoms with Gasteiger partial charge >= 0.3 is 0 Å². The molecule has 0 bridgehead atoms. The summed E-state index contributed by atoms with van der Waals surface area (Å²) in [5.41, 5.74) is 1.82. The first kappa shape index (κ1) is 17.8. The summed E-state index contributed by atoms with van der Waals surface area (Å²) in [6, 6.07) is 12.9. The molecular weight excluding hydrogens is 354 g/mol. The molecular formula is C18H17N3O4S. The number of rotatable bonds is 6. The maximum Gasteiger partial charge on any atom is 0.255 e. The van der Waals surface area contributed by atoms with E-state index in [9.17, 15) is 13.2 Å². The molecule has 0 aliphatic carbocycles. The topological polar surface area (TPSA) is 101 Å². The summed E-state index contributed by atoms with van der Waals surface area (Å²) < 4.78 is 31.4. The molecule has 0 aliphatic heterocycles. The van der Waals surface area contributed by atoms with Crippen LogP contribution in [0.3, 0.4) is 0 Å². The number of sulfonamides is 1. The van der Waals surface area contributed by atoms with E-state index >= 15 is 0 Å². The van der Waals surface area contributed by atoms with E-state index in [-0.39, 0.29) is 10.8 Å². The third kappa shape index (κ3) is 3.98. The van der Waals surface area contributed by atoms with Gasteiger partial charge in [-0.1, -0.05) is 6.92 Å². The van der Waals surface area contributed by atoms with Crippen LogP contribution in [-0.4, -0.2) is 25.9 Å². The zero-order chi connectivity index (χ0) is 18.6. The van der Waals surface area contributed by atoms with Gasteiger partial charge in [0, 0.05) is 23.4 Å². The number of nitrogens with zero attached hydrogens (tertiary/aromatic N) is 1. The number of carbonyl (C=O) groups is 1. The fraction of sp³-hybridized carbons (Fsp3) is 0.111. The number of hydrogen-bond acceptors (Lipinski definition) is 5. The Morgan fingerprint density at radius 2 is 1.77 bits per heavy atom. The quantitative estimate of drug-likeness (QED) is 0.694. The molecule has 0 saturated carbocycles. The molecule has 8 heteroatoms. The van der Waals surface area contributed by atoms with E-state index < -0.39 is 10.0 Å². The van der Waals surface area contributed by atoms with Gasteiger partial charge in [-0.2, -0.15) is 0 Å². The first-order valence-electron chi connectivity index (χ1n) is 7.89. The first-order chi connectivity index (χ1) is 12.5. The molecule has 0 aliphatic rings. The van der Waals surface area contributed by atoms with Gasteiger partial charge in [0.2, 0.25) is 10.0 Å². The largest absolute Gasteiger partial charge is 0.444 e. The summed E-state index contributed by atoms with van der Waals surface area (Å²) in [7, 11) is -3.53. The average molecular weight is 371 g/mol. The Labute approximate surface area is 151 Å². The van der Waals surface area contributed by atoms with Gasteiger partial charge in [0.15, 0.2) is 12.2 Å². The van der Waals surface area contributed by atoms with Crippen molar-refractivity contribution < 1.29 is 17.6 Å². The van der Waals surface area contributed by atoms with E-state index in [2.05, 4.69) is 15.0 Å². The molecule has 0 unspecified atom stereocenters. The van der Waals surface area contributed by atoms with Gasteiger partial charge in [-0.25, -0.2) is 18.1 Å². The number of oxazole rings is 1. The van der Waals surface area contributed by atoms with Crippen LogP contribution in [0.4, 0.5) is 5.69 Å². The van der Waals surface area contributed by atoms with Crippen molar-refractivity contribution in [1.29, 1.82) is 0 Å². The molecule has 0 fully saturated rings. The molecule has 1 heterocycles. The number of aromatic nitrogens is 1. The predicted octanol–water partition coefficient (Wildman–Crippen LogP) is 2.89. The molecule has 2 N–H and O–H groups in total. The van der Waals surface area contributed by atoms with Crippen LogP contribution in [0.5, 0.6) is 0 Å². The molecule has 0 radical (unpaired) electrons. The van der Waals surface area contributed by atoms with E-state index in [1.54, 1.807) is 25.3 Å². The van der Waals surface area contributed by atoms with Crippen molar-refractivity contribution in [2.45, 2.75) is 11.8 Å². The summed E-state index contributed by atoms with van der Waals surface area (Å²) in [6.07, 6.45) is 2.96. The summed E-state index contributed by atoms with van der Waals surface area (Å²) in [5.74, 6) is 0.310. The van der Waals surface area contributed by atoms with Gasteiger partial charge in [0.05, 0.1) is 11.1 Å². The molecule has 0 spiro atoms. The number of hydrogen-bond donors (Lipinski definition) is 2. The highest BCUT2D eigenvalue weighted by molar-refractivity contribution is 7.89. The van der Waals surface area contributed by atoms with Crippen LogP contribution in [0, 0.1) is 0 Å². The number of benzene rings is 2. The second kappa shape index (κ2) is 7.51. The molecule has 1 amide bonds. The number of amides is 1. The molecule has 3 rings (SSSR count). The zero-order valence-electron chi connectivity index (χ0n) is 14.0. The van der Waals surface area contributed by atoms with Crippen molar-refractivity contribution in [1.82, 2.24) is 9.71 Å². The zero-order valence-corrected chi connectivity index (χ0v) is 14.8. The molecule has 0 atom stereocenters. The van der Waals surface area contributed by atoms with Crippen LogP contribution in [0.25, 0.3) is 11.3 Å². The number of carbonyl (C=O) groups excluding carboxylic acids is 1. The van der Waals surface area contributed by atoms with Crippen LogP contribution >= 0.6 is 0 Å². The summed E-state index contributed by atoms with van der Waals surface area (Å²) in [6.45, 7) is 2.00. The lowest BCUT2D eigenvalue weighted by Crippen LogP contribution is -2.23. The lowest BCUT2D eigenvalue weighted by molar-refractivity contribution is 0.102. The summed E-state index contributed by atoms with van der Waals surface area (Å²) in [4.78, 5) is 16.3. The van der Waals surface area contributed by atoms with Crippen LogP contribution < -0.4 is 10.0 Å². The van der Waals surface area contributed by atoms with Crippen LogP contribution in [-0.2, 0) is 10.0 Å².